The van der Waals surface area contributed by atoms with Crippen molar-refractivity contribution in [3.63, 3.8) is 0 Å². The summed E-state index contributed by atoms with van der Waals surface area (Å²) in [5.74, 6) is 0.983. The van der Waals surface area contributed by atoms with Gasteiger partial charge in [-0.1, -0.05) is 32.4 Å². The maximum atomic E-state index is 13.3. The predicted molar refractivity (Wildman–Crippen MR) is 71.6 cm³/mol. The molecule has 0 aromatic heterocycles. The van der Waals surface area contributed by atoms with Gasteiger partial charge in [-0.05, 0) is 55.3 Å². The average molecular weight is 237 g/mol. The lowest BCUT2D eigenvalue weighted by atomic mass is 9.84. The Balaban J connectivity index is 2.78. The van der Waals surface area contributed by atoms with Gasteiger partial charge in [0, 0.05) is 0 Å². The number of nitrogens with two attached hydrogens (primary N) is 1. The Hall–Kier alpha value is -0.890. The number of hydrogen-bond donors (Lipinski definition) is 1. The molecule has 1 unspecified atom stereocenters. The minimum absolute atomic E-state index is 0.113. The van der Waals surface area contributed by atoms with Crippen molar-refractivity contribution in [2.75, 3.05) is 6.54 Å². The highest BCUT2D eigenvalue weighted by atomic mass is 19.1. The molecule has 0 saturated carbocycles. The van der Waals surface area contributed by atoms with Crippen LogP contribution in [0.15, 0.2) is 18.2 Å². The molecular weight excluding hydrogens is 213 g/mol. The zero-order valence-electron chi connectivity index (χ0n) is 11.2. The summed E-state index contributed by atoms with van der Waals surface area (Å²) in [7, 11) is 0. The van der Waals surface area contributed by atoms with Gasteiger partial charge in [-0.2, -0.15) is 0 Å². The molecule has 2 N–H and O–H groups in total. The second-order valence-corrected chi connectivity index (χ2v) is 5.14. The summed E-state index contributed by atoms with van der Waals surface area (Å²) in [6.07, 6.45) is 3.36. The standard InChI is InChI=1S/C15H24FN/c1-11(2)14(6-4-5-9-17)13-7-8-15(16)12(3)10-13/h7-8,10-11,14H,4-6,9,17H2,1-3H3. The first-order chi connectivity index (χ1) is 8.06. The lowest BCUT2D eigenvalue weighted by Gasteiger charge is -2.22. The van der Waals surface area contributed by atoms with E-state index in [1.165, 1.54) is 5.56 Å². The fourth-order valence-corrected chi connectivity index (χ4v) is 2.29. The first-order valence-corrected chi connectivity index (χ1v) is 6.52. The summed E-state index contributed by atoms with van der Waals surface area (Å²) < 4.78 is 13.3. The second kappa shape index (κ2) is 6.75. The molecule has 0 aliphatic rings. The van der Waals surface area contributed by atoms with E-state index in [9.17, 15) is 4.39 Å². The van der Waals surface area contributed by atoms with Crippen molar-refractivity contribution in [1.29, 1.82) is 0 Å². The molecular formula is C15H24FN. The summed E-state index contributed by atoms with van der Waals surface area (Å²) in [6, 6.07) is 5.50. The van der Waals surface area contributed by atoms with E-state index >= 15 is 0 Å². The highest BCUT2D eigenvalue weighted by Gasteiger charge is 2.16. The molecule has 0 bridgehead atoms. The topological polar surface area (TPSA) is 26.0 Å². The fraction of sp³-hybridized carbons (Fsp3) is 0.600. The molecule has 1 aromatic rings. The molecule has 0 fully saturated rings. The van der Waals surface area contributed by atoms with Crippen LogP contribution >= 0.6 is 0 Å². The van der Waals surface area contributed by atoms with Gasteiger partial charge in [-0.3, -0.25) is 0 Å². The number of benzene rings is 1. The maximum Gasteiger partial charge on any atom is 0.126 e. The van der Waals surface area contributed by atoms with Crippen molar-refractivity contribution in [2.45, 2.75) is 46.0 Å². The van der Waals surface area contributed by atoms with E-state index in [2.05, 4.69) is 13.8 Å². The van der Waals surface area contributed by atoms with Crippen molar-refractivity contribution >= 4 is 0 Å². The monoisotopic (exact) mass is 237 g/mol. The molecule has 1 aromatic carbocycles. The Morgan fingerprint density at radius 3 is 2.47 bits per heavy atom. The van der Waals surface area contributed by atoms with E-state index in [4.69, 9.17) is 5.73 Å². The van der Waals surface area contributed by atoms with Gasteiger partial charge in [0.15, 0.2) is 0 Å². The molecule has 17 heavy (non-hydrogen) atoms. The van der Waals surface area contributed by atoms with Gasteiger partial charge in [0.1, 0.15) is 5.82 Å². The predicted octanol–water partition coefficient (Wildman–Crippen LogP) is 4.00. The van der Waals surface area contributed by atoms with Crippen molar-refractivity contribution < 1.29 is 4.39 Å². The zero-order chi connectivity index (χ0) is 12.8. The van der Waals surface area contributed by atoms with Crippen LogP contribution in [0.2, 0.25) is 0 Å². The SMILES string of the molecule is Cc1cc(C(CCCCN)C(C)C)ccc1F. The molecule has 0 radical (unpaired) electrons. The first-order valence-electron chi connectivity index (χ1n) is 6.52. The van der Waals surface area contributed by atoms with Crippen molar-refractivity contribution in [3.8, 4) is 0 Å². The number of aryl methyl sites for hydroxylation is 1. The van der Waals surface area contributed by atoms with Crippen LogP contribution in [0.25, 0.3) is 0 Å². The second-order valence-electron chi connectivity index (χ2n) is 5.14. The Labute approximate surface area is 104 Å². The van der Waals surface area contributed by atoms with Crippen LogP contribution in [-0.4, -0.2) is 6.54 Å². The van der Waals surface area contributed by atoms with Gasteiger partial charge in [0.2, 0.25) is 0 Å². The molecule has 0 saturated heterocycles. The fourth-order valence-electron chi connectivity index (χ4n) is 2.29. The van der Waals surface area contributed by atoms with E-state index in [0.29, 0.717) is 11.8 Å². The average Bonchev–Trinajstić information content (AvgIpc) is 2.28. The third kappa shape index (κ3) is 4.12. The molecule has 1 atom stereocenters. The highest BCUT2D eigenvalue weighted by Crippen LogP contribution is 2.30. The van der Waals surface area contributed by atoms with Crippen LogP contribution in [0.1, 0.15) is 50.2 Å². The van der Waals surface area contributed by atoms with E-state index in [1.807, 2.05) is 19.1 Å². The first kappa shape index (κ1) is 14.2. The van der Waals surface area contributed by atoms with Crippen LogP contribution in [0, 0.1) is 18.7 Å². The van der Waals surface area contributed by atoms with E-state index < -0.39 is 0 Å². The zero-order valence-corrected chi connectivity index (χ0v) is 11.2. The molecule has 0 amide bonds. The van der Waals surface area contributed by atoms with Crippen molar-refractivity contribution in [1.82, 2.24) is 0 Å². The Morgan fingerprint density at radius 1 is 1.24 bits per heavy atom. The number of hydrogen-bond acceptors (Lipinski definition) is 1. The highest BCUT2D eigenvalue weighted by molar-refractivity contribution is 5.27. The van der Waals surface area contributed by atoms with Crippen molar-refractivity contribution in [2.24, 2.45) is 11.7 Å². The summed E-state index contributed by atoms with van der Waals surface area (Å²) in [6.45, 7) is 7.04. The molecule has 96 valence electrons. The Morgan fingerprint density at radius 2 is 1.94 bits per heavy atom. The Bertz CT molecular complexity index is 347. The van der Waals surface area contributed by atoms with Gasteiger partial charge in [0.05, 0.1) is 0 Å². The summed E-state index contributed by atoms with van der Waals surface area (Å²) in [4.78, 5) is 0. The van der Waals surface area contributed by atoms with Crippen LogP contribution in [0.5, 0.6) is 0 Å². The minimum atomic E-state index is -0.113. The van der Waals surface area contributed by atoms with Gasteiger partial charge in [-0.15, -0.1) is 0 Å². The number of halogens is 1. The summed E-state index contributed by atoms with van der Waals surface area (Å²) in [5.41, 5.74) is 7.53. The van der Waals surface area contributed by atoms with Crippen LogP contribution in [0.4, 0.5) is 4.39 Å². The quantitative estimate of drug-likeness (QED) is 0.743. The molecule has 0 aliphatic carbocycles. The van der Waals surface area contributed by atoms with E-state index in [0.717, 1.165) is 31.4 Å². The number of unbranched alkanes of at least 4 members (excludes halogenated alkanes) is 1. The summed E-state index contributed by atoms with van der Waals surface area (Å²) >= 11 is 0. The number of rotatable bonds is 6. The van der Waals surface area contributed by atoms with Crippen molar-refractivity contribution in [3.05, 3.63) is 35.1 Å². The van der Waals surface area contributed by atoms with E-state index in [1.54, 1.807) is 6.07 Å². The normalized spacial score (nSPS) is 13.1. The molecule has 0 aliphatic heterocycles. The smallest absolute Gasteiger partial charge is 0.126 e. The molecule has 1 rings (SSSR count). The largest absolute Gasteiger partial charge is 0.330 e. The van der Waals surface area contributed by atoms with Gasteiger partial charge in [0.25, 0.3) is 0 Å². The maximum absolute atomic E-state index is 13.3. The van der Waals surface area contributed by atoms with Gasteiger partial charge < -0.3 is 5.73 Å². The van der Waals surface area contributed by atoms with E-state index in [-0.39, 0.29) is 5.82 Å². The van der Waals surface area contributed by atoms with Gasteiger partial charge >= 0.3 is 0 Å². The molecule has 0 spiro atoms. The third-order valence-corrected chi connectivity index (χ3v) is 3.38. The Kier molecular flexibility index (Phi) is 5.63. The lowest BCUT2D eigenvalue weighted by molar-refractivity contribution is 0.449. The van der Waals surface area contributed by atoms with Gasteiger partial charge in [-0.25, -0.2) is 4.39 Å². The lowest BCUT2D eigenvalue weighted by Crippen LogP contribution is -2.09. The minimum Gasteiger partial charge on any atom is -0.330 e. The van der Waals surface area contributed by atoms with Crippen LogP contribution in [-0.2, 0) is 0 Å². The molecule has 2 heteroatoms. The molecule has 0 heterocycles. The molecule has 1 nitrogen and oxygen atoms in total. The summed E-state index contributed by atoms with van der Waals surface area (Å²) in [5, 5.41) is 0. The van der Waals surface area contributed by atoms with Crippen LogP contribution < -0.4 is 5.73 Å². The third-order valence-electron chi connectivity index (χ3n) is 3.38. The van der Waals surface area contributed by atoms with Crippen LogP contribution in [0.3, 0.4) is 0 Å².